The van der Waals surface area contributed by atoms with Gasteiger partial charge >= 0.3 is 0 Å². The Balaban J connectivity index is 2.03. The van der Waals surface area contributed by atoms with Crippen LogP contribution < -0.4 is 14.4 Å². The lowest BCUT2D eigenvalue weighted by Gasteiger charge is -2.32. The van der Waals surface area contributed by atoms with Gasteiger partial charge in [0.15, 0.2) is 0 Å². The molecule has 3 rings (SSSR count). The van der Waals surface area contributed by atoms with E-state index in [0.717, 1.165) is 21.3 Å². The first-order chi connectivity index (χ1) is 18.9. The van der Waals surface area contributed by atoms with Crippen molar-refractivity contribution in [3.8, 4) is 5.75 Å². The SMILES string of the molecule is CCOc1ccc(S(=O)(=O)N(CC(=O)N(Cc2ccccc2F)C(C)C(=O)NC(C)C)c2ccc(F)cc2)cc1. The molecule has 214 valence electrons. The van der Waals surface area contributed by atoms with Crippen molar-refractivity contribution >= 4 is 27.5 Å². The normalized spacial score (nSPS) is 12.1. The van der Waals surface area contributed by atoms with Crippen LogP contribution in [0.5, 0.6) is 5.75 Å². The van der Waals surface area contributed by atoms with E-state index in [0.29, 0.717) is 12.4 Å². The molecular weight excluding hydrogens is 540 g/mol. The van der Waals surface area contributed by atoms with Crippen molar-refractivity contribution < 1.29 is 31.5 Å². The van der Waals surface area contributed by atoms with Gasteiger partial charge in [0, 0.05) is 18.2 Å². The molecule has 8 nitrogen and oxygen atoms in total. The Labute approximate surface area is 233 Å². The molecule has 0 saturated heterocycles. The molecule has 0 radical (unpaired) electrons. The van der Waals surface area contributed by atoms with E-state index in [4.69, 9.17) is 4.74 Å². The number of halogens is 2. The van der Waals surface area contributed by atoms with Crippen LogP contribution in [0.4, 0.5) is 14.5 Å². The highest BCUT2D eigenvalue weighted by Crippen LogP contribution is 2.26. The first kappa shape index (κ1) is 30.6. The summed E-state index contributed by atoms with van der Waals surface area (Å²) in [5, 5.41) is 2.73. The Hall–Kier alpha value is -3.99. The number of sulfonamides is 1. The summed E-state index contributed by atoms with van der Waals surface area (Å²) in [4.78, 5) is 27.7. The van der Waals surface area contributed by atoms with Gasteiger partial charge in [-0.15, -0.1) is 0 Å². The third-order valence-electron chi connectivity index (χ3n) is 6.01. The van der Waals surface area contributed by atoms with E-state index in [-0.39, 0.29) is 28.7 Å². The maximum absolute atomic E-state index is 14.6. The van der Waals surface area contributed by atoms with Gasteiger partial charge in [0.2, 0.25) is 11.8 Å². The van der Waals surface area contributed by atoms with Crippen LogP contribution in [0.15, 0.2) is 77.7 Å². The van der Waals surface area contributed by atoms with E-state index in [1.54, 1.807) is 26.8 Å². The Kier molecular flexibility index (Phi) is 10.2. The van der Waals surface area contributed by atoms with Crippen LogP contribution in [0, 0.1) is 11.6 Å². The minimum atomic E-state index is -4.34. The van der Waals surface area contributed by atoms with E-state index >= 15 is 0 Å². The fourth-order valence-corrected chi connectivity index (χ4v) is 5.35. The average Bonchev–Trinajstić information content (AvgIpc) is 2.91. The molecule has 11 heteroatoms. The van der Waals surface area contributed by atoms with Crippen molar-refractivity contribution in [2.75, 3.05) is 17.5 Å². The number of benzene rings is 3. The number of rotatable bonds is 12. The van der Waals surface area contributed by atoms with Crippen molar-refractivity contribution in [2.45, 2.75) is 51.2 Å². The third-order valence-corrected chi connectivity index (χ3v) is 7.80. The van der Waals surface area contributed by atoms with Gasteiger partial charge in [-0.1, -0.05) is 18.2 Å². The van der Waals surface area contributed by atoms with Gasteiger partial charge in [0.05, 0.1) is 17.2 Å². The van der Waals surface area contributed by atoms with Gasteiger partial charge in [-0.25, -0.2) is 17.2 Å². The summed E-state index contributed by atoms with van der Waals surface area (Å²) in [7, 11) is -4.34. The summed E-state index contributed by atoms with van der Waals surface area (Å²) in [5.41, 5.74) is 0.191. The van der Waals surface area contributed by atoms with Gasteiger partial charge in [-0.05, 0) is 82.3 Å². The minimum Gasteiger partial charge on any atom is -0.494 e. The Bertz CT molecular complexity index is 1410. The summed E-state index contributed by atoms with van der Waals surface area (Å²) in [6.45, 7) is 6.18. The van der Waals surface area contributed by atoms with E-state index < -0.39 is 46.1 Å². The molecule has 2 amide bonds. The molecule has 0 bridgehead atoms. The predicted molar refractivity (Wildman–Crippen MR) is 148 cm³/mol. The summed E-state index contributed by atoms with van der Waals surface area (Å²) < 4.78 is 62.1. The molecule has 0 heterocycles. The zero-order valence-electron chi connectivity index (χ0n) is 22.8. The molecule has 3 aromatic rings. The Morgan fingerprint density at radius 2 is 1.55 bits per heavy atom. The first-order valence-electron chi connectivity index (χ1n) is 12.8. The molecule has 1 unspecified atom stereocenters. The van der Waals surface area contributed by atoms with Crippen molar-refractivity contribution in [1.29, 1.82) is 0 Å². The lowest BCUT2D eigenvalue weighted by molar-refractivity contribution is -0.139. The summed E-state index contributed by atoms with van der Waals surface area (Å²) in [6.07, 6.45) is 0. The molecule has 0 aliphatic carbocycles. The van der Waals surface area contributed by atoms with Crippen LogP contribution in [-0.4, -0.2) is 50.4 Å². The van der Waals surface area contributed by atoms with Crippen LogP contribution in [0.1, 0.15) is 33.3 Å². The van der Waals surface area contributed by atoms with Crippen molar-refractivity contribution in [2.24, 2.45) is 0 Å². The first-order valence-corrected chi connectivity index (χ1v) is 14.2. The van der Waals surface area contributed by atoms with Crippen LogP contribution in [-0.2, 0) is 26.2 Å². The van der Waals surface area contributed by atoms with Crippen LogP contribution >= 0.6 is 0 Å². The molecule has 0 saturated carbocycles. The van der Waals surface area contributed by atoms with E-state index in [2.05, 4.69) is 5.32 Å². The number of nitrogens with zero attached hydrogens (tertiary/aromatic N) is 2. The number of anilines is 1. The second-order valence-corrected chi connectivity index (χ2v) is 11.2. The van der Waals surface area contributed by atoms with E-state index in [1.165, 1.54) is 61.5 Å². The van der Waals surface area contributed by atoms with Gasteiger partial charge in [0.1, 0.15) is 30.0 Å². The highest BCUT2D eigenvalue weighted by molar-refractivity contribution is 7.92. The fourth-order valence-electron chi connectivity index (χ4n) is 3.94. The lowest BCUT2D eigenvalue weighted by Crippen LogP contribution is -2.52. The topological polar surface area (TPSA) is 96.0 Å². The average molecular weight is 574 g/mol. The standard InChI is InChI=1S/C29H33F2N3O5S/c1-5-39-25-14-16-26(17-15-25)40(37,38)34(24-12-10-23(30)11-13-24)19-28(35)33(21(4)29(36)32-20(2)3)18-22-8-6-7-9-27(22)31/h6-17,20-21H,5,18-19H2,1-4H3,(H,32,36). The fraction of sp³-hybridized carbons (Fsp3) is 0.310. The zero-order chi connectivity index (χ0) is 29.4. The smallest absolute Gasteiger partial charge is 0.264 e. The maximum atomic E-state index is 14.6. The number of ether oxygens (including phenoxy) is 1. The molecule has 0 aromatic heterocycles. The Morgan fingerprint density at radius 1 is 0.925 bits per heavy atom. The van der Waals surface area contributed by atoms with Crippen LogP contribution in [0.2, 0.25) is 0 Å². The number of carbonyl (C=O) groups is 2. The summed E-state index contributed by atoms with van der Waals surface area (Å²) in [5.74, 6) is -1.94. The number of nitrogens with one attached hydrogen (secondary N) is 1. The monoisotopic (exact) mass is 573 g/mol. The Morgan fingerprint density at radius 3 is 2.12 bits per heavy atom. The molecule has 1 N–H and O–H groups in total. The predicted octanol–water partition coefficient (Wildman–Crippen LogP) is 4.50. The summed E-state index contributed by atoms with van der Waals surface area (Å²) in [6, 6.07) is 14.8. The highest BCUT2D eigenvalue weighted by atomic mass is 32.2. The van der Waals surface area contributed by atoms with Gasteiger partial charge in [-0.2, -0.15) is 0 Å². The second-order valence-electron chi connectivity index (χ2n) is 9.34. The third kappa shape index (κ3) is 7.56. The van der Waals surface area contributed by atoms with Gasteiger partial charge < -0.3 is 15.0 Å². The highest BCUT2D eigenvalue weighted by Gasteiger charge is 2.33. The van der Waals surface area contributed by atoms with Gasteiger partial charge in [-0.3, -0.25) is 13.9 Å². The van der Waals surface area contributed by atoms with Gasteiger partial charge in [0.25, 0.3) is 10.0 Å². The molecule has 0 fully saturated rings. The molecule has 40 heavy (non-hydrogen) atoms. The second kappa shape index (κ2) is 13.4. The lowest BCUT2D eigenvalue weighted by atomic mass is 10.1. The van der Waals surface area contributed by atoms with Crippen molar-refractivity contribution in [3.05, 3.63) is 90.0 Å². The van der Waals surface area contributed by atoms with E-state index in [9.17, 15) is 26.8 Å². The van der Waals surface area contributed by atoms with Crippen LogP contribution in [0.25, 0.3) is 0 Å². The molecule has 0 aliphatic heterocycles. The maximum Gasteiger partial charge on any atom is 0.264 e. The van der Waals surface area contributed by atoms with Crippen LogP contribution in [0.3, 0.4) is 0 Å². The summed E-state index contributed by atoms with van der Waals surface area (Å²) >= 11 is 0. The quantitative estimate of drug-likeness (QED) is 0.344. The van der Waals surface area contributed by atoms with Crippen molar-refractivity contribution in [1.82, 2.24) is 10.2 Å². The molecule has 0 aliphatic rings. The minimum absolute atomic E-state index is 0.0359. The number of hydrogen-bond acceptors (Lipinski definition) is 5. The molecule has 1 atom stereocenters. The number of hydrogen-bond donors (Lipinski definition) is 1. The van der Waals surface area contributed by atoms with Crippen molar-refractivity contribution in [3.63, 3.8) is 0 Å². The molecular formula is C29H33F2N3O5S. The molecule has 3 aromatic carbocycles. The van der Waals surface area contributed by atoms with E-state index in [1.807, 2.05) is 0 Å². The number of amides is 2. The number of carbonyl (C=O) groups excluding carboxylic acids is 2. The molecule has 0 spiro atoms. The zero-order valence-corrected chi connectivity index (χ0v) is 23.6. The largest absolute Gasteiger partial charge is 0.494 e.